The molecule has 1 aromatic rings. The van der Waals surface area contributed by atoms with Gasteiger partial charge in [0.1, 0.15) is 5.75 Å². The molecule has 0 bridgehead atoms. The highest BCUT2D eigenvalue weighted by Gasteiger charge is 2.48. The van der Waals surface area contributed by atoms with Crippen LogP contribution in [0.15, 0.2) is 6.07 Å². The van der Waals surface area contributed by atoms with E-state index in [4.69, 9.17) is 36.9 Å². The summed E-state index contributed by atoms with van der Waals surface area (Å²) in [7, 11) is -3.75. The summed E-state index contributed by atoms with van der Waals surface area (Å²) >= 11 is 12.6. The minimum Gasteiger partial charge on any atom is -0.474 e. The Bertz CT molecular complexity index is 760. The molecule has 0 aliphatic carbocycles. The predicted molar refractivity (Wildman–Crippen MR) is 91.8 cm³/mol. The van der Waals surface area contributed by atoms with Gasteiger partial charge >= 0.3 is 10.1 Å². The molecule has 6 nitrogen and oxygen atoms in total. The standard InChI is InChI=1S/C15H19Cl2NO5S/c1-15(2)11-10(22-14(15)18-4-6-21-7-5-18)8-9(16)13(12(11)17)23-24(3,19)20/h8,14H,4-7H2,1-3H3. The molecule has 2 aliphatic heterocycles. The molecule has 1 atom stereocenters. The Hall–Kier alpha value is -0.730. The normalized spacial score (nSPS) is 23.6. The zero-order chi connectivity index (χ0) is 17.7. The molecule has 0 spiro atoms. The quantitative estimate of drug-likeness (QED) is 0.732. The van der Waals surface area contributed by atoms with Crippen LogP contribution in [0.1, 0.15) is 19.4 Å². The van der Waals surface area contributed by atoms with Crippen molar-refractivity contribution >= 4 is 33.3 Å². The minimum absolute atomic E-state index is 0.0566. The van der Waals surface area contributed by atoms with E-state index in [0.29, 0.717) is 24.5 Å². The molecule has 0 N–H and O–H groups in total. The number of fused-ring (bicyclic) bond motifs is 1. The van der Waals surface area contributed by atoms with Gasteiger partial charge in [-0.25, -0.2) is 0 Å². The number of hydrogen-bond donors (Lipinski definition) is 0. The van der Waals surface area contributed by atoms with Crippen LogP contribution >= 0.6 is 23.2 Å². The molecule has 3 rings (SSSR count). The number of benzene rings is 1. The lowest BCUT2D eigenvalue weighted by Crippen LogP contribution is -2.52. The molecule has 1 aromatic carbocycles. The summed E-state index contributed by atoms with van der Waals surface area (Å²) in [5.74, 6) is 0.492. The monoisotopic (exact) mass is 395 g/mol. The number of nitrogens with zero attached hydrogens (tertiary/aromatic N) is 1. The Morgan fingerprint density at radius 1 is 1.29 bits per heavy atom. The third-order valence-corrected chi connectivity index (χ3v) is 5.36. The molecule has 134 valence electrons. The first kappa shape index (κ1) is 18.1. The maximum absolute atomic E-state index is 11.5. The fraction of sp³-hybridized carbons (Fsp3) is 0.600. The summed E-state index contributed by atoms with van der Waals surface area (Å²) in [5, 5.41) is 0.270. The first-order valence-electron chi connectivity index (χ1n) is 7.51. The lowest BCUT2D eigenvalue weighted by molar-refractivity contribution is -0.0612. The summed E-state index contributed by atoms with van der Waals surface area (Å²) in [6.45, 7) is 6.79. The third-order valence-electron chi connectivity index (χ3n) is 4.25. The van der Waals surface area contributed by atoms with Gasteiger partial charge in [0, 0.05) is 30.1 Å². The summed E-state index contributed by atoms with van der Waals surface area (Å²) in [4.78, 5) is 2.19. The molecule has 2 aliphatic rings. The first-order chi connectivity index (χ1) is 11.1. The molecule has 0 aromatic heterocycles. The highest BCUT2D eigenvalue weighted by Crippen LogP contribution is 2.53. The third kappa shape index (κ3) is 3.20. The van der Waals surface area contributed by atoms with Crippen LogP contribution < -0.4 is 8.92 Å². The van der Waals surface area contributed by atoms with Crippen LogP contribution in [0.3, 0.4) is 0 Å². The number of morpholine rings is 1. The van der Waals surface area contributed by atoms with Gasteiger partial charge in [-0.05, 0) is 0 Å². The van der Waals surface area contributed by atoms with Crippen LogP contribution in [0, 0.1) is 0 Å². The molecule has 0 amide bonds. The van der Waals surface area contributed by atoms with Crippen molar-refractivity contribution in [2.45, 2.75) is 25.5 Å². The summed E-state index contributed by atoms with van der Waals surface area (Å²) in [5.41, 5.74) is 0.230. The second-order valence-corrected chi connectivity index (χ2v) is 8.86. The van der Waals surface area contributed by atoms with Gasteiger partial charge in [0.25, 0.3) is 0 Å². The van der Waals surface area contributed by atoms with E-state index in [2.05, 4.69) is 4.90 Å². The highest BCUT2D eigenvalue weighted by molar-refractivity contribution is 7.86. The first-order valence-corrected chi connectivity index (χ1v) is 10.1. The molecular formula is C15H19Cl2NO5S. The predicted octanol–water partition coefficient (Wildman–Crippen LogP) is 2.66. The summed E-state index contributed by atoms with van der Waals surface area (Å²) in [6, 6.07) is 1.56. The van der Waals surface area contributed by atoms with Gasteiger partial charge in [0.15, 0.2) is 12.0 Å². The Morgan fingerprint density at radius 3 is 2.50 bits per heavy atom. The van der Waals surface area contributed by atoms with Crippen molar-refractivity contribution in [3.8, 4) is 11.5 Å². The van der Waals surface area contributed by atoms with Crippen LogP contribution in [-0.2, 0) is 20.3 Å². The maximum atomic E-state index is 11.5. The Morgan fingerprint density at radius 2 is 1.92 bits per heavy atom. The molecule has 24 heavy (non-hydrogen) atoms. The van der Waals surface area contributed by atoms with Gasteiger partial charge in [0.2, 0.25) is 0 Å². The van der Waals surface area contributed by atoms with E-state index in [1.165, 1.54) is 0 Å². The molecule has 2 heterocycles. The average molecular weight is 396 g/mol. The van der Waals surface area contributed by atoms with Crippen molar-refractivity contribution in [2.24, 2.45) is 0 Å². The van der Waals surface area contributed by atoms with E-state index in [1.54, 1.807) is 6.07 Å². The largest absolute Gasteiger partial charge is 0.474 e. The van der Waals surface area contributed by atoms with Crippen LogP contribution in [-0.4, -0.2) is 52.1 Å². The molecule has 1 saturated heterocycles. The lowest BCUT2D eigenvalue weighted by atomic mass is 9.83. The smallest absolute Gasteiger partial charge is 0.306 e. The van der Waals surface area contributed by atoms with Crippen LogP contribution in [0.5, 0.6) is 11.5 Å². The van der Waals surface area contributed by atoms with Crippen molar-refractivity contribution in [1.29, 1.82) is 0 Å². The van der Waals surface area contributed by atoms with E-state index in [9.17, 15) is 8.42 Å². The van der Waals surface area contributed by atoms with Gasteiger partial charge in [-0.1, -0.05) is 37.0 Å². The number of halogens is 2. The van der Waals surface area contributed by atoms with Crippen molar-refractivity contribution in [2.75, 3.05) is 32.6 Å². The zero-order valence-electron chi connectivity index (χ0n) is 13.6. The van der Waals surface area contributed by atoms with Crippen molar-refractivity contribution < 1.29 is 22.1 Å². The molecular weight excluding hydrogens is 377 g/mol. The lowest BCUT2D eigenvalue weighted by Gasteiger charge is -2.38. The van der Waals surface area contributed by atoms with E-state index in [-0.39, 0.29) is 22.0 Å². The number of ether oxygens (including phenoxy) is 2. The van der Waals surface area contributed by atoms with Crippen LogP contribution in [0.4, 0.5) is 0 Å². The van der Waals surface area contributed by atoms with Gasteiger partial charge in [-0.2, -0.15) is 8.42 Å². The number of rotatable bonds is 3. The maximum Gasteiger partial charge on any atom is 0.306 e. The molecule has 0 radical (unpaired) electrons. The Labute approximate surface area is 151 Å². The van der Waals surface area contributed by atoms with Crippen molar-refractivity contribution in [3.05, 3.63) is 21.7 Å². The average Bonchev–Trinajstić information content (AvgIpc) is 2.74. The Kier molecular flexibility index (Phi) is 4.68. The van der Waals surface area contributed by atoms with Gasteiger partial charge < -0.3 is 13.7 Å². The van der Waals surface area contributed by atoms with Crippen LogP contribution in [0.2, 0.25) is 10.0 Å². The second-order valence-electron chi connectivity index (χ2n) is 6.50. The molecule has 1 unspecified atom stereocenters. The minimum atomic E-state index is -3.75. The topological polar surface area (TPSA) is 65.1 Å². The highest BCUT2D eigenvalue weighted by atomic mass is 35.5. The number of hydrogen-bond acceptors (Lipinski definition) is 6. The van der Waals surface area contributed by atoms with Gasteiger partial charge in [0.05, 0.1) is 29.5 Å². The van der Waals surface area contributed by atoms with E-state index in [1.807, 2.05) is 13.8 Å². The molecule has 0 saturated carbocycles. The molecule has 1 fully saturated rings. The van der Waals surface area contributed by atoms with E-state index < -0.39 is 15.5 Å². The summed E-state index contributed by atoms with van der Waals surface area (Å²) in [6.07, 6.45) is 0.712. The van der Waals surface area contributed by atoms with Crippen molar-refractivity contribution in [3.63, 3.8) is 0 Å². The van der Waals surface area contributed by atoms with Gasteiger partial charge in [-0.3, -0.25) is 4.90 Å². The SMILES string of the molecule is CC1(C)c2c(cc(Cl)c(OS(C)(=O)=O)c2Cl)OC1N1CCOCC1. The van der Waals surface area contributed by atoms with E-state index >= 15 is 0 Å². The zero-order valence-corrected chi connectivity index (χ0v) is 16.0. The van der Waals surface area contributed by atoms with Crippen LogP contribution in [0.25, 0.3) is 0 Å². The summed E-state index contributed by atoms with van der Waals surface area (Å²) < 4.78 is 39.4. The van der Waals surface area contributed by atoms with E-state index in [0.717, 1.165) is 19.3 Å². The van der Waals surface area contributed by atoms with Crippen molar-refractivity contribution in [1.82, 2.24) is 4.90 Å². The fourth-order valence-electron chi connectivity index (χ4n) is 3.23. The van der Waals surface area contributed by atoms with Gasteiger partial charge in [-0.15, -0.1) is 0 Å². The fourth-order valence-corrected chi connectivity index (χ4v) is 4.56. The molecule has 9 heteroatoms. The Balaban J connectivity index is 2.04. The second kappa shape index (κ2) is 6.21.